The molecule has 0 saturated carbocycles. The molecule has 8 rings (SSSR count). The van der Waals surface area contributed by atoms with Crippen molar-refractivity contribution in [2.24, 2.45) is 13.0 Å². The first-order valence-corrected chi connectivity index (χ1v) is 21.4. The van der Waals surface area contributed by atoms with Gasteiger partial charge in [-0.25, -0.2) is 14.8 Å². The van der Waals surface area contributed by atoms with Crippen molar-refractivity contribution >= 4 is 40.2 Å². The van der Waals surface area contributed by atoms with Crippen LogP contribution < -0.4 is 25.5 Å². The van der Waals surface area contributed by atoms with Crippen LogP contribution in [0.1, 0.15) is 80.8 Å². The van der Waals surface area contributed by atoms with Crippen molar-refractivity contribution in [3.63, 3.8) is 0 Å². The fourth-order valence-corrected chi connectivity index (χ4v) is 9.51. The largest absolute Gasteiger partial charge is 0.487 e. The number of nitrogens with one attached hydrogen (secondary N) is 1. The maximum atomic E-state index is 13.3. The number of hydrogen-bond acceptors (Lipinski definition) is 10. The molecule has 13 nitrogen and oxygen atoms in total. The molecule has 0 aliphatic carbocycles. The molecule has 2 aromatic heterocycles. The number of piperidine rings is 3. The minimum Gasteiger partial charge on any atom is -0.487 e. The van der Waals surface area contributed by atoms with Gasteiger partial charge < -0.3 is 29.9 Å². The number of nitriles is 1. The highest BCUT2D eigenvalue weighted by atomic mass is 35.5. The fraction of sp³-hybridized carbons (Fsp3) is 0.457. The molecule has 2 unspecified atom stereocenters. The quantitative estimate of drug-likeness (QED) is 0.159. The van der Waals surface area contributed by atoms with Crippen LogP contribution in [0.4, 0.5) is 11.6 Å². The summed E-state index contributed by atoms with van der Waals surface area (Å²) in [5.74, 6) is 1.92. The lowest BCUT2D eigenvalue weighted by atomic mass is 9.78. The van der Waals surface area contributed by atoms with Gasteiger partial charge in [-0.15, -0.1) is 0 Å². The molecule has 0 bridgehead atoms. The van der Waals surface area contributed by atoms with Gasteiger partial charge in [0, 0.05) is 74.6 Å². The number of aromatic nitrogens is 4. The summed E-state index contributed by atoms with van der Waals surface area (Å²) in [5.41, 5.74) is 5.61. The topological polar surface area (TPSA) is 145 Å². The van der Waals surface area contributed by atoms with Crippen molar-refractivity contribution < 1.29 is 14.6 Å². The van der Waals surface area contributed by atoms with Gasteiger partial charge in [-0.1, -0.05) is 37.6 Å². The van der Waals surface area contributed by atoms with Gasteiger partial charge in [-0.2, -0.15) is 5.26 Å². The summed E-state index contributed by atoms with van der Waals surface area (Å²) in [7, 11) is 4.04. The molecule has 60 heavy (non-hydrogen) atoms. The number of ether oxygens (including phenoxy) is 1. The zero-order chi connectivity index (χ0) is 42.1. The van der Waals surface area contributed by atoms with Crippen molar-refractivity contribution in [2.75, 3.05) is 49.6 Å². The second-order valence-electron chi connectivity index (χ2n) is 17.2. The van der Waals surface area contributed by atoms with E-state index in [0.717, 1.165) is 104 Å². The SMILES string of the molecule is CN(CC1CCN(c2nccc(COc3ccc(C(C)(C)c4cc(Cl)cc(C#N)c4)cc3)n2)CC1)C1CCN(c2ccc3c(c2)n(C)c(=O)n3C2CCC(=O)NC2O)CC1. The number of aliphatic hydroxyl groups excluding tert-OH is 1. The number of amides is 1. The van der Waals surface area contributed by atoms with Gasteiger partial charge >= 0.3 is 5.69 Å². The first-order valence-electron chi connectivity index (χ1n) is 21.0. The Hall–Kier alpha value is -5.42. The van der Waals surface area contributed by atoms with E-state index in [1.54, 1.807) is 22.2 Å². The van der Waals surface area contributed by atoms with Crippen LogP contribution in [0, 0.1) is 17.2 Å². The minimum atomic E-state index is -1.09. The second-order valence-corrected chi connectivity index (χ2v) is 17.7. The van der Waals surface area contributed by atoms with Gasteiger partial charge in [0.2, 0.25) is 11.9 Å². The van der Waals surface area contributed by atoms with Crippen LogP contribution in [-0.4, -0.2) is 87.1 Å². The molecule has 1 amide bonds. The Balaban J connectivity index is 0.801. The predicted molar refractivity (Wildman–Crippen MR) is 234 cm³/mol. The maximum Gasteiger partial charge on any atom is 0.329 e. The molecule has 5 heterocycles. The van der Waals surface area contributed by atoms with E-state index >= 15 is 0 Å². The van der Waals surface area contributed by atoms with Gasteiger partial charge in [0.25, 0.3) is 0 Å². The highest BCUT2D eigenvalue weighted by Gasteiger charge is 2.32. The molecule has 2 N–H and O–H groups in total. The first kappa shape index (κ1) is 41.3. The number of benzene rings is 3. The Bertz CT molecular complexity index is 2440. The lowest BCUT2D eigenvalue weighted by Gasteiger charge is -2.40. The number of carbonyl (C=O) groups is 1. The lowest BCUT2D eigenvalue weighted by molar-refractivity contribution is -0.128. The van der Waals surface area contributed by atoms with E-state index in [1.807, 2.05) is 42.6 Å². The smallest absolute Gasteiger partial charge is 0.329 e. The van der Waals surface area contributed by atoms with Crippen LogP contribution in [0.3, 0.4) is 0 Å². The number of nitrogens with zero attached hydrogens (tertiary/aromatic N) is 8. The minimum absolute atomic E-state index is 0.188. The predicted octanol–water partition coefficient (Wildman–Crippen LogP) is 6.15. The van der Waals surface area contributed by atoms with E-state index < -0.39 is 12.3 Å². The number of hydrogen-bond donors (Lipinski definition) is 2. The van der Waals surface area contributed by atoms with E-state index in [9.17, 15) is 20.0 Å². The molecule has 0 radical (unpaired) electrons. The third kappa shape index (κ3) is 8.59. The standard InChI is InChI=1S/C46H54ClN9O4/c1-46(2,33-23-31(27-48)24-34(47)25-33)32-5-8-38(9-6-32)60-29-35-13-18-49-44(50-35)55-19-14-30(15-20-55)28-52(3)36-16-21-54(22-17-36)37-7-10-39-41(26-37)53(4)45(59)56(39)40-11-12-42(57)51-43(40)58/h5-10,13,18,23-26,30,36,40,43,58H,11-12,14-17,19-22,28-29H2,1-4H3,(H,51,57). The number of aliphatic hydroxyl groups is 1. The number of halogens is 1. The first-order chi connectivity index (χ1) is 28.9. The van der Waals surface area contributed by atoms with E-state index in [0.29, 0.717) is 35.6 Å². The Morgan fingerprint density at radius 2 is 1.67 bits per heavy atom. The Labute approximate surface area is 356 Å². The molecule has 3 aliphatic heterocycles. The normalized spacial score (nSPS) is 19.5. The van der Waals surface area contributed by atoms with Gasteiger partial charge in [0.1, 0.15) is 18.6 Å². The molecule has 314 valence electrons. The van der Waals surface area contributed by atoms with Crippen molar-refractivity contribution in [3.05, 3.63) is 111 Å². The molecule has 14 heteroatoms. The molecule has 2 atom stereocenters. The fourth-order valence-electron chi connectivity index (χ4n) is 9.27. The number of anilines is 2. The summed E-state index contributed by atoms with van der Waals surface area (Å²) in [5, 5.41) is 23.1. The van der Waals surface area contributed by atoms with Crippen molar-refractivity contribution in [1.29, 1.82) is 5.26 Å². The zero-order valence-electron chi connectivity index (χ0n) is 34.9. The summed E-state index contributed by atoms with van der Waals surface area (Å²) < 4.78 is 9.44. The number of aryl methyl sites for hydroxylation is 1. The molecule has 3 aromatic carbocycles. The van der Waals surface area contributed by atoms with Gasteiger partial charge in [-0.05, 0) is 111 Å². The lowest BCUT2D eigenvalue weighted by Crippen LogP contribution is -2.47. The summed E-state index contributed by atoms with van der Waals surface area (Å²) in [6.45, 7) is 9.37. The van der Waals surface area contributed by atoms with Crippen molar-refractivity contribution in [1.82, 2.24) is 29.3 Å². The van der Waals surface area contributed by atoms with Crippen LogP contribution >= 0.6 is 11.6 Å². The summed E-state index contributed by atoms with van der Waals surface area (Å²) in [6, 6.07) is 23.8. The highest BCUT2D eigenvalue weighted by Crippen LogP contribution is 2.35. The van der Waals surface area contributed by atoms with Crippen LogP contribution in [0.25, 0.3) is 11.0 Å². The summed E-state index contributed by atoms with van der Waals surface area (Å²) in [6.07, 6.45) is 5.75. The van der Waals surface area contributed by atoms with E-state index in [-0.39, 0.29) is 23.4 Å². The van der Waals surface area contributed by atoms with Crippen molar-refractivity contribution in [2.45, 2.75) is 82.7 Å². The average molecular weight is 832 g/mol. The average Bonchev–Trinajstić information content (AvgIpc) is 3.50. The maximum absolute atomic E-state index is 13.3. The molecule has 0 spiro atoms. The Morgan fingerprint density at radius 3 is 2.38 bits per heavy atom. The van der Waals surface area contributed by atoms with Crippen LogP contribution in [0.5, 0.6) is 5.75 Å². The summed E-state index contributed by atoms with van der Waals surface area (Å²) in [4.78, 5) is 41.8. The van der Waals surface area contributed by atoms with E-state index in [4.69, 9.17) is 21.3 Å². The van der Waals surface area contributed by atoms with Gasteiger partial charge in [0.05, 0.1) is 34.4 Å². The molecule has 3 fully saturated rings. The van der Waals surface area contributed by atoms with Crippen LogP contribution in [-0.2, 0) is 23.9 Å². The second kappa shape index (κ2) is 17.3. The Morgan fingerprint density at radius 1 is 0.933 bits per heavy atom. The number of rotatable bonds is 11. The summed E-state index contributed by atoms with van der Waals surface area (Å²) >= 11 is 6.31. The molecular weight excluding hydrogens is 778 g/mol. The number of fused-ring (bicyclic) bond motifs is 1. The zero-order valence-corrected chi connectivity index (χ0v) is 35.6. The number of carbonyl (C=O) groups excluding carboxylic acids is 1. The molecular formula is C46H54ClN9O4. The van der Waals surface area contributed by atoms with Crippen molar-refractivity contribution in [3.8, 4) is 11.8 Å². The Kier molecular flexibility index (Phi) is 11.9. The third-order valence-electron chi connectivity index (χ3n) is 13.1. The number of imidazole rings is 1. The molecule has 3 saturated heterocycles. The monoisotopic (exact) mass is 831 g/mol. The van der Waals surface area contributed by atoms with Gasteiger partial charge in [0.15, 0.2) is 0 Å². The van der Waals surface area contributed by atoms with E-state index in [1.165, 1.54) is 0 Å². The molecule has 5 aromatic rings. The van der Waals surface area contributed by atoms with Gasteiger partial charge in [-0.3, -0.25) is 13.9 Å². The van der Waals surface area contributed by atoms with E-state index in [2.05, 4.69) is 76.2 Å². The highest BCUT2D eigenvalue weighted by molar-refractivity contribution is 6.30. The third-order valence-corrected chi connectivity index (χ3v) is 13.3. The van der Waals surface area contributed by atoms with Crippen LogP contribution in [0.15, 0.2) is 77.7 Å². The molecule has 3 aliphatic rings. The van der Waals surface area contributed by atoms with Crippen LogP contribution in [0.2, 0.25) is 5.02 Å².